The molecule has 0 unspecified atom stereocenters. The molecule has 35 atom stereocenters. The topological polar surface area (TPSA) is 738 Å². The highest BCUT2D eigenvalue weighted by Crippen LogP contribution is 2.40. The lowest BCUT2D eigenvalue weighted by Crippen LogP contribution is -2.68. The zero-order chi connectivity index (χ0) is 77.0. The molecule has 21 saturated heterocycles. The van der Waals surface area contributed by atoms with Crippen LogP contribution in [0.15, 0.2) is 0 Å². The maximum atomic E-state index is 11.9. The SMILES string of the molecule is O=C(O)COC[C@H]1O[C@@H]2O[C@H]3[C@H](O)[C@@H](O)[C@@H](O[C@H]4[C@H](O)[C@@H](O)[C@@H](O[C@H]5[C@H](O)[C@@H](O)[C@@H](O[C@H]6[C@H](O)[C@@H](O)[C@@H](O[C@H]7[C@H](O)[C@@H](O)[C@@H](O[C@H]8[C@H](O)[C@@H](O)[C@@H](O[C@H]1[C@H](O)[C@H]2O)O[C@@H]8COCC(=O)O)O[C@@H]7COCC(=O)O)O[C@@H]6COCC(=O)O)O[C@@H]5COCC(=O)O)O[C@@H]4COCC(=O)O)O[C@@H]3COCC(=O)O. The molecule has 0 aromatic rings. The Morgan fingerprint density at radius 1 is 0.181 bits per heavy atom. The Morgan fingerprint density at radius 3 is 0.381 bits per heavy atom. The second kappa shape index (κ2) is 39.0. The fourth-order valence-corrected chi connectivity index (χ4v) is 12.2. The number of rotatable bonds is 28. The first kappa shape index (κ1) is 85.5. The molecule has 602 valence electrons. The number of hydrogen-bond donors (Lipinski definition) is 21. The summed E-state index contributed by atoms with van der Waals surface area (Å²) in [5.41, 5.74) is 0. The summed E-state index contributed by atoms with van der Waals surface area (Å²) in [7, 11) is 0. The van der Waals surface area contributed by atoms with Crippen molar-refractivity contribution in [2.24, 2.45) is 0 Å². The van der Waals surface area contributed by atoms with Crippen LogP contribution in [0.5, 0.6) is 0 Å². The Balaban J connectivity index is 1.20. The summed E-state index contributed by atoms with van der Waals surface area (Å²) in [5.74, 6) is -11.2. The number of aliphatic hydroxyl groups is 14. The van der Waals surface area contributed by atoms with Crippen LogP contribution in [0.2, 0.25) is 0 Å². The molecule has 0 radical (unpaired) electrons. The van der Waals surface area contributed by atoms with E-state index in [1.165, 1.54) is 0 Å². The second-order valence-electron chi connectivity index (χ2n) is 24.7. The van der Waals surface area contributed by atoms with Crippen LogP contribution in [-0.4, -0.2) is 456 Å². The van der Waals surface area contributed by atoms with Crippen LogP contribution in [0.25, 0.3) is 0 Å². The lowest BCUT2D eigenvalue weighted by molar-refractivity contribution is -0.397. The van der Waals surface area contributed by atoms with Crippen LogP contribution in [0.4, 0.5) is 0 Å². The zero-order valence-electron chi connectivity index (χ0n) is 54.4. The van der Waals surface area contributed by atoms with E-state index in [-0.39, 0.29) is 0 Å². The molecule has 21 aliphatic rings. The molecule has 0 amide bonds. The minimum absolute atomic E-state index is 0.985. The van der Waals surface area contributed by atoms with E-state index in [1.54, 1.807) is 0 Å². The first-order chi connectivity index (χ1) is 49.6. The minimum Gasteiger partial charge on any atom is -0.480 e. The van der Waals surface area contributed by atoms with E-state index in [4.69, 9.17) is 99.5 Å². The molecule has 105 heavy (non-hydrogen) atoms. The van der Waals surface area contributed by atoms with Crippen molar-refractivity contribution in [2.45, 2.75) is 215 Å². The summed E-state index contributed by atoms with van der Waals surface area (Å²) in [5, 5.41) is 232. The van der Waals surface area contributed by atoms with Crippen LogP contribution in [0.1, 0.15) is 0 Å². The van der Waals surface area contributed by atoms with Crippen molar-refractivity contribution in [3.05, 3.63) is 0 Å². The van der Waals surface area contributed by atoms with E-state index in [2.05, 4.69) is 0 Å². The van der Waals surface area contributed by atoms with Gasteiger partial charge in [0.25, 0.3) is 0 Å². The molecule has 0 aromatic carbocycles. The molecule has 0 aliphatic carbocycles. The lowest BCUT2D eigenvalue weighted by atomic mass is 9.95. The van der Waals surface area contributed by atoms with Crippen molar-refractivity contribution >= 4 is 41.8 Å². The third-order valence-corrected chi connectivity index (χ3v) is 17.1. The first-order valence-corrected chi connectivity index (χ1v) is 31.9. The van der Waals surface area contributed by atoms with Gasteiger partial charge in [-0.05, 0) is 0 Å². The van der Waals surface area contributed by atoms with Gasteiger partial charge < -0.3 is 207 Å². The Morgan fingerprint density at radius 2 is 0.286 bits per heavy atom. The monoisotopic (exact) mass is 1540 g/mol. The van der Waals surface area contributed by atoms with Crippen LogP contribution < -0.4 is 0 Å². The predicted molar refractivity (Wildman–Crippen MR) is 308 cm³/mol. The van der Waals surface area contributed by atoms with Gasteiger partial charge in [0.2, 0.25) is 0 Å². The van der Waals surface area contributed by atoms with Gasteiger partial charge in [0.15, 0.2) is 44.0 Å². The summed E-state index contributed by atoms with van der Waals surface area (Å²) in [4.78, 5) is 81.8. The molecule has 0 spiro atoms. The van der Waals surface area contributed by atoms with Crippen molar-refractivity contribution in [2.75, 3.05) is 92.5 Å². The number of aliphatic carboxylic acids is 7. The molecule has 0 aromatic heterocycles. The van der Waals surface area contributed by atoms with Crippen molar-refractivity contribution < 1.29 is 240 Å². The smallest absolute Gasteiger partial charge is 0.329 e. The van der Waals surface area contributed by atoms with Gasteiger partial charge in [0, 0.05) is 0 Å². The van der Waals surface area contributed by atoms with Crippen molar-refractivity contribution in [1.82, 2.24) is 0 Å². The largest absolute Gasteiger partial charge is 0.480 e. The minimum atomic E-state index is -2.47. The fraction of sp³-hybridized carbons (Fsp3) is 0.875. The van der Waals surface area contributed by atoms with E-state index < -0.39 is 349 Å². The summed E-state index contributed by atoms with van der Waals surface area (Å²) in [6.07, 6.45) is -79.3. The van der Waals surface area contributed by atoms with Gasteiger partial charge in [-0.3, -0.25) is 0 Å². The Kier molecular flexibility index (Phi) is 31.8. The molecular formula is C56H84O49. The fourth-order valence-electron chi connectivity index (χ4n) is 12.2. The van der Waals surface area contributed by atoms with Crippen LogP contribution in [0.3, 0.4) is 0 Å². The molecule has 49 nitrogen and oxygen atoms in total. The van der Waals surface area contributed by atoms with Gasteiger partial charge in [-0.1, -0.05) is 0 Å². The number of hydrogen-bond acceptors (Lipinski definition) is 42. The van der Waals surface area contributed by atoms with Gasteiger partial charge in [0.05, 0.1) is 46.2 Å². The van der Waals surface area contributed by atoms with E-state index in [9.17, 15) is 141 Å². The van der Waals surface area contributed by atoms with Gasteiger partial charge in [0.1, 0.15) is 217 Å². The highest BCUT2D eigenvalue weighted by atomic mass is 16.8. The average molecular weight is 1540 g/mol. The molecule has 14 bridgehead atoms. The maximum Gasteiger partial charge on any atom is 0.329 e. The molecule has 0 saturated carbocycles. The van der Waals surface area contributed by atoms with E-state index in [0.29, 0.717) is 0 Å². The van der Waals surface area contributed by atoms with E-state index >= 15 is 0 Å². The van der Waals surface area contributed by atoms with Crippen LogP contribution in [-0.2, 0) is 133 Å². The Bertz CT molecular complexity index is 2300. The van der Waals surface area contributed by atoms with Crippen molar-refractivity contribution in [3.8, 4) is 0 Å². The second-order valence-corrected chi connectivity index (χ2v) is 24.7. The third-order valence-electron chi connectivity index (χ3n) is 17.1. The summed E-state index contributed by atoms with van der Waals surface area (Å²) in [6, 6.07) is 0. The Hall–Kier alpha value is -5.11. The molecular weight excluding hydrogens is 1460 g/mol. The van der Waals surface area contributed by atoms with Crippen molar-refractivity contribution in [1.29, 1.82) is 0 Å². The quantitative estimate of drug-likeness (QED) is 0.0346. The predicted octanol–water partition coefficient (Wildman–Crippen LogP) is -14.5. The molecule has 21 heterocycles. The van der Waals surface area contributed by atoms with Gasteiger partial charge in [-0.2, -0.15) is 0 Å². The number of carboxylic acids is 7. The molecule has 21 rings (SSSR count). The van der Waals surface area contributed by atoms with Crippen molar-refractivity contribution in [3.63, 3.8) is 0 Å². The summed E-state index contributed by atoms with van der Waals surface area (Å²) in [6.45, 7) is -14.7. The van der Waals surface area contributed by atoms with E-state index in [0.717, 1.165) is 0 Å². The number of ether oxygens (including phenoxy) is 21. The first-order valence-electron chi connectivity index (χ1n) is 31.9. The van der Waals surface area contributed by atoms with E-state index in [1.807, 2.05) is 0 Å². The van der Waals surface area contributed by atoms with Gasteiger partial charge in [-0.15, -0.1) is 0 Å². The highest BCUT2D eigenvalue weighted by Gasteiger charge is 2.60. The number of carbonyl (C=O) groups is 7. The molecule has 21 N–H and O–H groups in total. The molecule has 21 fully saturated rings. The third kappa shape index (κ3) is 22.1. The van der Waals surface area contributed by atoms with Gasteiger partial charge >= 0.3 is 41.8 Å². The van der Waals surface area contributed by atoms with Crippen LogP contribution >= 0.6 is 0 Å². The standard InChI is InChI=1S/C56H84O49/c57-22(58)8-85-1-15-43-29(71)36(78)50(92-15)100-44-16(2-86-9-23(59)60)94-52(38(80)31(44)73)102-46-18(4-88-11-25(63)64)96-54(40(82)33(46)75)104-48-20(6-90-13-27(67)68)98-56(42(84)35(48)77)105-49-21(7-91-14-28(69)70)97-55(41(83)34(49)76)103-47-19(5-89-12-26(65)66)95-53(39(81)32(47)74)101-45-17(3-87-10-24(61)62)93-51(99-43)37(79)30(45)72/h15-21,29-56,71-84H,1-14H2,(H,57,58)(H,59,60)(H,61,62)(H,63,64)(H,65,66)(H,67,68)(H,69,70)/t15-,16-,17-,18-,19-,20-,21-,29-,30-,31-,32-,33-,34-,35-,36-,37-,38-,39-,40-,41-,42-,43-,44-,45-,46-,47-,48-,49-,50-,51-,52-,53-,54-,55-,56-/m1/s1. The summed E-state index contributed by atoms with van der Waals surface area (Å²) >= 11 is 0. The molecule has 21 aliphatic heterocycles. The lowest BCUT2D eigenvalue weighted by Gasteiger charge is -2.50. The van der Waals surface area contributed by atoms with Gasteiger partial charge in [-0.25, -0.2) is 33.6 Å². The number of carboxylic acid groups (broad SMARTS) is 7. The average Bonchev–Trinajstić information content (AvgIpc) is 0.785. The zero-order valence-corrected chi connectivity index (χ0v) is 54.4. The van der Waals surface area contributed by atoms with Crippen LogP contribution in [0, 0.1) is 0 Å². The molecule has 49 heteroatoms. The summed E-state index contributed by atoms with van der Waals surface area (Å²) < 4.78 is 119. The highest BCUT2D eigenvalue weighted by molar-refractivity contribution is 5.69. The number of aliphatic hydroxyl groups excluding tert-OH is 14. The maximum absolute atomic E-state index is 11.9. The Labute approximate surface area is 588 Å². The normalized spacial score (nSPS) is 43.5.